The third-order valence-electron chi connectivity index (χ3n) is 2.88. The molecular formula is C14H23NOS. The van der Waals surface area contributed by atoms with Crippen LogP contribution in [-0.4, -0.2) is 29.8 Å². The highest BCUT2D eigenvalue weighted by molar-refractivity contribution is 7.99. The first-order chi connectivity index (χ1) is 8.33. The fourth-order valence-corrected chi connectivity index (χ4v) is 3.30. The molecule has 17 heavy (non-hydrogen) atoms. The Kier molecular flexibility index (Phi) is 7.33. The molecule has 0 aromatic heterocycles. The third-order valence-corrected chi connectivity index (χ3v) is 4.44. The number of aliphatic hydroxyl groups is 1. The molecule has 0 saturated carbocycles. The number of thioether (sulfide) groups is 1. The molecule has 2 N–H and O–H groups in total. The zero-order valence-electron chi connectivity index (χ0n) is 10.7. The second-order valence-electron chi connectivity index (χ2n) is 4.07. The van der Waals surface area contributed by atoms with E-state index in [1.165, 1.54) is 5.56 Å². The molecule has 0 spiro atoms. The number of hydrogen-bond acceptors (Lipinski definition) is 3. The maximum Gasteiger partial charge on any atom is 0.0438 e. The highest BCUT2D eigenvalue weighted by atomic mass is 32.2. The Morgan fingerprint density at radius 2 is 2.00 bits per heavy atom. The lowest BCUT2D eigenvalue weighted by molar-refractivity contribution is 0.296. The van der Waals surface area contributed by atoms with E-state index in [-0.39, 0.29) is 0 Å². The Labute approximate surface area is 109 Å². The summed E-state index contributed by atoms with van der Waals surface area (Å²) in [6, 6.07) is 11.0. The molecule has 0 aliphatic rings. The summed E-state index contributed by atoms with van der Waals surface area (Å²) in [4.78, 5) is 0. The quantitative estimate of drug-likeness (QED) is 0.699. The largest absolute Gasteiger partial charge is 0.396 e. The molecule has 0 radical (unpaired) electrons. The van der Waals surface area contributed by atoms with Gasteiger partial charge in [0, 0.05) is 17.9 Å². The van der Waals surface area contributed by atoms with Gasteiger partial charge in [-0.2, -0.15) is 11.8 Å². The predicted octanol–water partition coefficient (Wildman–Crippen LogP) is 2.84. The van der Waals surface area contributed by atoms with Crippen molar-refractivity contribution in [3.05, 3.63) is 35.9 Å². The van der Waals surface area contributed by atoms with Gasteiger partial charge in [0.2, 0.25) is 0 Å². The Morgan fingerprint density at radius 3 is 2.53 bits per heavy atom. The standard InChI is InChI=1S/C14H23NOS/c1-3-13(17-11-7-10-16)14(15-2)12-8-5-4-6-9-12/h4-6,8-9,13-16H,3,7,10-11H2,1-2H3. The molecule has 0 aliphatic heterocycles. The molecule has 2 atom stereocenters. The number of aliphatic hydroxyl groups excluding tert-OH is 1. The Morgan fingerprint density at radius 1 is 1.29 bits per heavy atom. The van der Waals surface area contributed by atoms with Crippen molar-refractivity contribution in [2.75, 3.05) is 19.4 Å². The van der Waals surface area contributed by atoms with Crippen molar-refractivity contribution in [1.29, 1.82) is 0 Å². The summed E-state index contributed by atoms with van der Waals surface area (Å²) >= 11 is 1.95. The number of hydrogen-bond donors (Lipinski definition) is 2. The van der Waals surface area contributed by atoms with Crippen LogP contribution in [0, 0.1) is 0 Å². The van der Waals surface area contributed by atoms with Gasteiger partial charge >= 0.3 is 0 Å². The number of benzene rings is 1. The molecule has 1 aromatic carbocycles. The molecule has 0 heterocycles. The molecule has 96 valence electrons. The molecule has 0 fully saturated rings. The molecule has 0 amide bonds. The molecule has 2 unspecified atom stereocenters. The van der Waals surface area contributed by atoms with E-state index in [0.717, 1.165) is 18.6 Å². The molecule has 0 saturated heterocycles. The second kappa shape index (κ2) is 8.56. The Bertz CT molecular complexity index is 292. The van der Waals surface area contributed by atoms with Crippen LogP contribution >= 0.6 is 11.8 Å². The van der Waals surface area contributed by atoms with Gasteiger partial charge in [0.15, 0.2) is 0 Å². The highest BCUT2D eigenvalue weighted by Crippen LogP contribution is 2.29. The van der Waals surface area contributed by atoms with Crippen molar-refractivity contribution < 1.29 is 5.11 Å². The Hall–Kier alpha value is -0.510. The first-order valence-corrected chi connectivity index (χ1v) is 7.33. The van der Waals surface area contributed by atoms with E-state index < -0.39 is 0 Å². The molecular weight excluding hydrogens is 230 g/mol. The van der Waals surface area contributed by atoms with Crippen LogP contribution in [0.3, 0.4) is 0 Å². The van der Waals surface area contributed by atoms with E-state index in [2.05, 4.69) is 42.6 Å². The van der Waals surface area contributed by atoms with Crippen molar-refractivity contribution in [1.82, 2.24) is 5.32 Å². The molecule has 0 bridgehead atoms. The topological polar surface area (TPSA) is 32.3 Å². The van der Waals surface area contributed by atoms with E-state index >= 15 is 0 Å². The van der Waals surface area contributed by atoms with Crippen molar-refractivity contribution in [2.24, 2.45) is 0 Å². The van der Waals surface area contributed by atoms with E-state index in [1.807, 2.05) is 18.8 Å². The van der Waals surface area contributed by atoms with E-state index in [4.69, 9.17) is 5.11 Å². The lowest BCUT2D eigenvalue weighted by Gasteiger charge is -2.26. The summed E-state index contributed by atoms with van der Waals surface area (Å²) in [6.07, 6.45) is 2.02. The monoisotopic (exact) mass is 253 g/mol. The van der Waals surface area contributed by atoms with Crippen molar-refractivity contribution in [3.63, 3.8) is 0 Å². The summed E-state index contributed by atoms with van der Waals surface area (Å²) < 4.78 is 0. The average molecular weight is 253 g/mol. The lowest BCUT2D eigenvalue weighted by Crippen LogP contribution is -2.27. The molecule has 1 rings (SSSR count). The van der Waals surface area contributed by atoms with Crippen LogP contribution in [0.2, 0.25) is 0 Å². The molecule has 2 nitrogen and oxygen atoms in total. The van der Waals surface area contributed by atoms with Gasteiger partial charge in [-0.1, -0.05) is 37.3 Å². The predicted molar refractivity (Wildman–Crippen MR) is 76.5 cm³/mol. The maximum atomic E-state index is 8.84. The molecule has 0 aliphatic carbocycles. The zero-order valence-corrected chi connectivity index (χ0v) is 11.5. The summed E-state index contributed by atoms with van der Waals surface area (Å²) in [5.74, 6) is 1.03. The minimum Gasteiger partial charge on any atom is -0.396 e. The van der Waals surface area contributed by atoms with Gasteiger partial charge < -0.3 is 10.4 Å². The first-order valence-electron chi connectivity index (χ1n) is 6.28. The van der Waals surface area contributed by atoms with Crippen LogP contribution in [0.5, 0.6) is 0 Å². The van der Waals surface area contributed by atoms with E-state index in [1.54, 1.807) is 0 Å². The smallest absolute Gasteiger partial charge is 0.0438 e. The van der Waals surface area contributed by atoms with Gasteiger partial charge in [-0.05, 0) is 31.2 Å². The minimum atomic E-state index is 0.291. The van der Waals surface area contributed by atoms with E-state index in [0.29, 0.717) is 17.9 Å². The van der Waals surface area contributed by atoms with Crippen LogP contribution in [0.4, 0.5) is 0 Å². The van der Waals surface area contributed by atoms with Crippen LogP contribution in [0.25, 0.3) is 0 Å². The fourth-order valence-electron chi connectivity index (χ4n) is 1.98. The van der Waals surface area contributed by atoms with Crippen LogP contribution in [-0.2, 0) is 0 Å². The third kappa shape index (κ3) is 4.70. The van der Waals surface area contributed by atoms with Crippen molar-refractivity contribution in [2.45, 2.75) is 31.1 Å². The SMILES string of the molecule is CCC(SCCCO)C(NC)c1ccccc1. The maximum absolute atomic E-state index is 8.84. The van der Waals surface area contributed by atoms with Gasteiger partial charge in [0.1, 0.15) is 0 Å². The highest BCUT2D eigenvalue weighted by Gasteiger charge is 2.19. The van der Waals surface area contributed by atoms with Gasteiger partial charge in [-0.15, -0.1) is 0 Å². The number of nitrogens with one attached hydrogen (secondary N) is 1. The van der Waals surface area contributed by atoms with Crippen LogP contribution < -0.4 is 5.32 Å². The van der Waals surface area contributed by atoms with Crippen LogP contribution in [0.1, 0.15) is 31.4 Å². The normalized spacial score (nSPS) is 14.5. The summed E-state index contributed by atoms with van der Waals surface area (Å²) in [5, 5.41) is 12.8. The van der Waals surface area contributed by atoms with Crippen LogP contribution in [0.15, 0.2) is 30.3 Å². The fraction of sp³-hybridized carbons (Fsp3) is 0.571. The van der Waals surface area contributed by atoms with E-state index in [9.17, 15) is 0 Å². The van der Waals surface area contributed by atoms with Crippen molar-refractivity contribution in [3.8, 4) is 0 Å². The van der Waals surface area contributed by atoms with Crippen molar-refractivity contribution >= 4 is 11.8 Å². The summed E-state index contributed by atoms with van der Waals surface area (Å²) in [7, 11) is 2.02. The van der Waals surface area contributed by atoms with Gasteiger partial charge in [0.25, 0.3) is 0 Å². The van der Waals surface area contributed by atoms with Gasteiger partial charge in [-0.25, -0.2) is 0 Å². The van der Waals surface area contributed by atoms with Gasteiger partial charge in [-0.3, -0.25) is 0 Å². The summed E-state index contributed by atoms with van der Waals surface area (Å²) in [6.45, 7) is 2.52. The first kappa shape index (κ1) is 14.6. The van der Waals surface area contributed by atoms with Gasteiger partial charge in [0.05, 0.1) is 0 Å². The average Bonchev–Trinajstić information content (AvgIpc) is 2.39. The second-order valence-corrected chi connectivity index (χ2v) is 5.42. The minimum absolute atomic E-state index is 0.291. The molecule has 1 aromatic rings. The molecule has 3 heteroatoms. The summed E-state index contributed by atoms with van der Waals surface area (Å²) in [5.41, 5.74) is 1.35. The zero-order chi connectivity index (χ0) is 12.5. The number of rotatable bonds is 8. The lowest BCUT2D eigenvalue weighted by atomic mass is 10.0. The Balaban J connectivity index is 2.63.